The van der Waals surface area contributed by atoms with E-state index in [1.54, 1.807) is 19.1 Å². The van der Waals surface area contributed by atoms with Crippen molar-refractivity contribution in [2.45, 2.75) is 30.8 Å². The van der Waals surface area contributed by atoms with Crippen LogP contribution in [-0.4, -0.2) is 91.1 Å². The van der Waals surface area contributed by atoms with E-state index in [2.05, 4.69) is 17.6 Å². The minimum absolute atomic E-state index is 0.0166. The summed E-state index contributed by atoms with van der Waals surface area (Å²) >= 11 is 0. The van der Waals surface area contributed by atoms with E-state index in [9.17, 15) is 18.2 Å². The van der Waals surface area contributed by atoms with Gasteiger partial charge >= 0.3 is 0 Å². The topological polar surface area (TPSA) is 106 Å². The maximum Gasteiger partial charge on any atom is 0.251 e. The fourth-order valence-corrected chi connectivity index (χ4v) is 5.96. The van der Waals surface area contributed by atoms with Gasteiger partial charge in [0.1, 0.15) is 23.4 Å². The normalized spacial score (nSPS) is 22.1. The molecule has 1 saturated carbocycles. The molecule has 9 nitrogen and oxygen atoms in total. The van der Waals surface area contributed by atoms with Crippen LogP contribution < -0.4 is 20.1 Å². The van der Waals surface area contributed by atoms with Gasteiger partial charge in [-0.2, -0.15) is 0 Å². The van der Waals surface area contributed by atoms with E-state index < -0.39 is 28.6 Å². The number of methoxy groups -OCH3 is 2. The van der Waals surface area contributed by atoms with Gasteiger partial charge in [0.2, 0.25) is 5.91 Å². The van der Waals surface area contributed by atoms with Gasteiger partial charge in [-0.3, -0.25) is 13.8 Å². The molecule has 4 atom stereocenters. The lowest BCUT2D eigenvalue weighted by atomic mass is 10.1. The van der Waals surface area contributed by atoms with Crippen molar-refractivity contribution >= 4 is 22.6 Å². The fraction of sp³-hybridized carbons (Fsp3) is 0.500. The third-order valence-electron chi connectivity index (χ3n) is 7.30. The van der Waals surface area contributed by atoms with Crippen LogP contribution in [-0.2, 0) is 20.3 Å². The van der Waals surface area contributed by atoms with E-state index >= 15 is 0 Å². The highest BCUT2D eigenvalue weighted by Gasteiger charge is 2.51. The fourth-order valence-electron chi connectivity index (χ4n) is 4.86. The molecule has 2 amide bonds. The Balaban J connectivity index is 1.34. The van der Waals surface area contributed by atoms with Gasteiger partial charge in [-0.15, -0.1) is 0 Å². The summed E-state index contributed by atoms with van der Waals surface area (Å²) in [5.41, 5.74) is 1.16. The molecular weight excluding hydrogens is 525 g/mol. The molecule has 212 valence electrons. The van der Waals surface area contributed by atoms with Crippen LogP contribution in [0.1, 0.15) is 35.2 Å². The predicted molar refractivity (Wildman–Crippen MR) is 146 cm³/mol. The van der Waals surface area contributed by atoms with Crippen molar-refractivity contribution in [3.05, 3.63) is 59.4 Å². The van der Waals surface area contributed by atoms with E-state index in [1.807, 2.05) is 18.2 Å². The molecule has 1 saturated heterocycles. The number of carbonyl (C=O) groups excluding carboxylic acids is 2. The Kier molecular flexibility index (Phi) is 9.58. The summed E-state index contributed by atoms with van der Waals surface area (Å²) in [5, 5.41) is 6.23. The monoisotopic (exact) mass is 561 g/mol. The zero-order valence-corrected chi connectivity index (χ0v) is 23.4. The first-order chi connectivity index (χ1) is 18.7. The maximum atomic E-state index is 13.3. The number of amides is 2. The highest BCUT2D eigenvalue weighted by molar-refractivity contribution is 7.85. The van der Waals surface area contributed by atoms with Crippen molar-refractivity contribution < 1.29 is 32.4 Å². The Morgan fingerprint density at radius 3 is 2.54 bits per heavy atom. The van der Waals surface area contributed by atoms with Gasteiger partial charge in [-0.25, -0.2) is 4.39 Å². The molecular formula is C28H36FN3O6S. The zero-order chi connectivity index (χ0) is 28.0. The summed E-state index contributed by atoms with van der Waals surface area (Å²) in [7, 11) is 1.87. The average molecular weight is 562 g/mol. The number of ether oxygens (including phenoxy) is 3. The molecule has 2 aromatic carbocycles. The van der Waals surface area contributed by atoms with Gasteiger partial charge in [-0.1, -0.05) is 6.07 Å². The lowest BCUT2D eigenvalue weighted by Gasteiger charge is -2.30. The Bertz CT molecular complexity index is 1190. The van der Waals surface area contributed by atoms with E-state index in [0.717, 1.165) is 23.5 Å². The summed E-state index contributed by atoms with van der Waals surface area (Å²) in [6, 6.07) is 9.91. The lowest BCUT2D eigenvalue weighted by molar-refractivity contribution is -0.136. The summed E-state index contributed by atoms with van der Waals surface area (Å²) < 4.78 is 42.5. The molecule has 39 heavy (non-hydrogen) atoms. The molecule has 0 bridgehead atoms. The number of hydrogen-bond acceptors (Lipinski definition) is 7. The van der Waals surface area contributed by atoms with E-state index in [4.69, 9.17) is 14.2 Å². The Morgan fingerprint density at radius 1 is 1.15 bits per heavy atom. The molecule has 0 spiro atoms. The first kappa shape index (κ1) is 29.0. The Hall–Kier alpha value is -3.02. The molecule has 11 heteroatoms. The number of carbonyl (C=O) groups is 2. The SMILES string of the molecule is COc1ccc([C@@H]2C[C@@]2(C)NCCS(=O)C[C@H](NC(=O)c2ccc(F)cc2)C(=O)N2CCOCC2)c(OC)c1. The molecule has 1 aliphatic carbocycles. The Labute approximate surface area is 230 Å². The molecule has 2 aliphatic rings. The molecule has 1 unspecified atom stereocenters. The van der Waals surface area contributed by atoms with Gasteiger partial charge in [0.15, 0.2) is 0 Å². The van der Waals surface area contributed by atoms with Gasteiger partial charge in [0.05, 0.1) is 33.2 Å². The van der Waals surface area contributed by atoms with Crippen molar-refractivity contribution in [1.29, 1.82) is 0 Å². The second kappa shape index (κ2) is 12.9. The van der Waals surface area contributed by atoms with Crippen LogP contribution in [0.5, 0.6) is 11.5 Å². The molecule has 4 rings (SSSR count). The van der Waals surface area contributed by atoms with Crippen LogP contribution in [0.2, 0.25) is 0 Å². The predicted octanol–water partition coefficient (Wildman–Crippen LogP) is 2.08. The second-order valence-electron chi connectivity index (χ2n) is 9.99. The van der Waals surface area contributed by atoms with Crippen LogP contribution in [0.3, 0.4) is 0 Å². The summed E-state index contributed by atoms with van der Waals surface area (Å²) in [4.78, 5) is 27.6. The average Bonchev–Trinajstić information content (AvgIpc) is 3.62. The van der Waals surface area contributed by atoms with Crippen LogP contribution in [0.15, 0.2) is 42.5 Å². The molecule has 2 aromatic rings. The van der Waals surface area contributed by atoms with Crippen LogP contribution in [0, 0.1) is 5.82 Å². The minimum atomic E-state index is -1.38. The van der Waals surface area contributed by atoms with Crippen molar-refractivity contribution in [3.8, 4) is 11.5 Å². The molecule has 1 aliphatic heterocycles. The molecule has 0 radical (unpaired) electrons. The zero-order valence-electron chi connectivity index (χ0n) is 22.5. The van der Waals surface area contributed by atoms with Crippen LogP contribution >= 0.6 is 0 Å². The van der Waals surface area contributed by atoms with Crippen molar-refractivity contribution in [2.24, 2.45) is 0 Å². The summed E-state index contributed by atoms with van der Waals surface area (Å²) in [5.74, 6) is 0.785. The summed E-state index contributed by atoms with van der Waals surface area (Å²) in [6.45, 7) is 4.25. The Morgan fingerprint density at radius 2 is 1.87 bits per heavy atom. The minimum Gasteiger partial charge on any atom is -0.497 e. The number of nitrogens with zero attached hydrogens (tertiary/aromatic N) is 1. The van der Waals surface area contributed by atoms with E-state index in [0.29, 0.717) is 38.6 Å². The standard InChI is InChI=1S/C28H36FN3O6S/c1-28(17-23(28)22-9-8-21(36-2)16-25(22)37-3)30-10-15-39(35)18-24(27(34)32-11-13-38-14-12-32)31-26(33)19-4-6-20(29)7-5-19/h4-9,16,23-24,30H,10-15,17-18H2,1-3H3,(H,31,33)/t23-,24-,28+,39?/m0/s1. The number of morpholine rings is 1. The first-order valence-corrected chi connectivity index (χ1v) is 14.5. The first-order valence-electron chi connectivity index (χ1n) is 13.0. The van der Waals surface area contributed by atoms with Gasteiger partial charge in [0.25, 0.3) is 5.91 Å². The number of rotatable bonds is 12. The molecule has 0 aromatic heterocycles. The van der Waals surface area contributed by atoms with E-state index in [-0.39, 0.29) is 28.7 Å². The number of halogens is 1. The second-order valence-corrected chi connectivity index (χ2v) is 11.6. The lowest BCUT2D eigenvalue weighted by Crippen LogP contribution is -2.54. The van der Waals surface area contributed by atoms with Gasteiger partial charge < -0.3 is 29.7 Å². The van der Waals surface area contributed by atoms with Gasteiger partial charge in [0, 0.05) is 59.3 Å². The molecule has 1 heterocycles. The van der Waals surface area contributed by atoms with Crippen molar-refractivity contribution in [3.63, 3.8) is 0 Å². The summed E-state index contributed by atoms with van der Waals surface area (Å²) in [6.07, 6.45) is 0.911. The highest BCUT2D eigenvalue weighted by Crippen LogP contribution is 2.53. The molecule has 2 fully saturated rings. The van der Waals surface area contributed by atoms with Crippen molar-refractivity contribution in [1.82, 2.24) is 15.5 Å². The quantitative estimate of drug-likeness (QED) is 0.409. The molecule has 2 N–H and O–H groups in total. The highest BCUT2D eigenvalue weighted by atomic mass is 32.2. The largest absolute Gasteiger partial charge is 0.497 e. The van der Waals surface area contributed by atoms with Crippen LogP contribution in [0.4, 0.5) is 4.39 Å². The number of nitrogens with one attached hydrogen (secondary N) is 2. The van der Waals surface area contributed by atoms with Gasteiger partial charge in [-0.05, 0) is 49.2 Å². The third kappa shape index (κ3) is 7.34. The number of hydrogen-bond donors (Lipinski definition) is 2. The van der Waals surface area contributed by atoms with E-state index in [1.165, 1.54) is 24.3 Å². The smallest absolute Gasteiger partial charge is 0.251 e. The third-order valence-corrected chi connectivity index (χ3v) is 8.66. The van der Waals surface area contributed by atoms with Crippen molar-refractivity contribution in [2.75, 3.05) is 58.6 Å². The number of benzene rings is 2. The van der Waals surface area contributed by atoms with Crippen LogP contribution in [0.25, 0.3) is 0 Å². The maximum absolute atomic E-state index is 13.3.